The molecule has 2 aliphatic heterocycles. The molecule has 1 aliphatic carbocycles. The molecule has 0 unspecified atom stereocenters. The molecule has 1 saturated carbocycles. The molecule has 3 rings (SSSR count). The molecule has 0 amide bonds. The van der Waals surface area contributed by atoms with E-state index in [1.54, 1.807) is 0 Å². The Morgan fingerprint density at radius 3 is 2.67 bits per heavy atom. The van der Waals surface area contributed by atoms with Crippen LogP contribution in [0.15, 0.2) is 0 Å². The number of aliphatic hydroxyl groups excluding tert-OH is 1. The Labute approximate surface area is 131 Å². The highest BCUT2D eigenvalue weighted by Crippen LogP contribution is 2.54. The maximum Gasteiger partial charge on any atom is 0.0587 e. The van der Waals surface area contributed by atoms with Crippen molar-refractivity contribution >= 4 is 0 Å². The predicted molar refractivity (Wildman–Crippen MR) is 88.4 cm³/mol. The minimum atomic E-state index is 0.389. The maximum atomic E-state index is 9.88. The van der Waals surface area contributed by atoms with E-state index in [9.17, 15) is 5.11 Å². The topological polar surface area (TPSA) is 23.5 Å². The molecule has 2 heteroatoms. The zero-order valence-electron chi connectivity index (χ0n) is 14.0. The first kappa shape index (κ1) is 15.8. The van der Waals surface area contributed by atoms with Gasteiger partial charge in [0.2, 0.25) is 0 Å². The van der Waals surface area contributed by atoms with Crippen LogP contribution in [0, 0.1) is 5.92 Å². The summed E-state index contributed by atoms with van der Waals surface area (Å²) in [6, 6.07) is 1.25. The molecule has 2 nitrogen and oxygen atoms in total. The second-order valence-electron chi connectivity index (χ2n) is 7.91. The average Bonchev–Trinajstić information content (AvgIpc) is 2.90. The fourth-order valence-corrected chi connectivity index (χ4v) is 5.89. The summed E-state index contributed by atoms with van der Waals surface area (Å²) < 4.78 is 0. The predicted octanol–water partition coefficient (Wildman–Crippen LogP) is 4.50. The molecule has 2 saturated heterocycles. The minimum absolute atomic E-state index is 0.389. The molecule has 2 heterocycles. The third-order valence-corrected chi connectivity index (χ3v) is 6.83. The van der Waals surface area contributed by atoms with Crippen LogP contribution in [0.3, 0.4) is 0 Å². The summed E-state index contributed by atoms with van der Waals surface area (Å²) in [6.45, 7) is 2.68. The lowest BCUT2D eigenvalue weighted by molar-refractivity contribution is -0.0702. The number of rotatable bonds is 6. The molecule has 3 fully saturated rings. The molecule has 0 bridgehead atoms. The van der Waals surface area contributed by atoms with Gasteiger partial charge in [-0.25, -0.2) is 0 Å². The second kappa shape index (κ2) is 7.00. The Kier molecular flexibility index (Phi) is 5.27. The van der Waals surface area contributed by atoms with Crippen molar-refractivity contribution < 1.29 is 5.11 Å². The Balaban J connectivity index is 1.70. The third kappa shape index (κ3) is 2.91. The lowest BCUT2D eigenvalue weighted by Gasteiger charge is -2.56. The maximum absolute atomic E-state index is 9.88. The normalized spacial score (nSPS) is 40.0. The van der Waals surface area contributed by atoms with E-state index in [0.29, 0.717) is 18.2 Å². The van der Waals surface area contributed by atoms with Crippen LogP contribution < -0.4 is 0 Å². The van der Waals surface area contributed by atoms with Crippen molar-refractivity contribution in [3.05, 3.63) is 0 Å². The third-order valence-electron chi connectivity index (χ3n) is 6.83. The van der Waals surface area contributed by atoms with E-state index in [1.807, 2.05) is 0 Å². The Morgan fingerprint density at radius 2 is 1.86 bits per heavy atom. The highest BCUT2D eigenvalue weighted by Gasteiger charge is 2.55. The summed E-state index contributed by atoms with van der Waals surface area (Å²) in [4.78, 5) is 2.87. The van der Waals surface area contributed by atoms with Crippen LogP contribution in [-0.4, -0.2) is 34.2 Å². The number of hydrogen-bond acceptors (Lipinski definition) is 2. The van der Waals surface area contributed by atoms with Crippen molar-refractivity contribution in [1.29, 1.82) is 0 Å². The first-order valence-electron chi connectivity index (χ1n) is 9.71. The Bertz CT molecular complexity index is 332. The van der Waals surface area contributed by atoms with Gasteiger partial charge in [0.15, 0.2) is 0 Å². The molecular formula is C19H35NO. The second-order valence-corrected chi connectivity index (χ2v) is 7.91. The molecule has 4 atom stereocenters. The van der Waals surface area contributed by atoms with E-state index in [-0.39, 0.29) is 0 Å². The van der Waals surface area contributed by atoms with Gasteiger partial charge in [-0.15, -0.1) is 0 Å². The Hall–Kier alpha value is -0.0800. The number of unbranched alkanes of at least 4 members (excludes halogenated alkanes) is 3. The van der Waals surface area contributed by atoms with E-state index in [4.69, 9.17) is 0 Å². The SMILES string of the molecule is CCCCCC[C@@H]1CC[C@@H]2CCCC[C@@]23CC[C@@H](CO)N13. The highest BCUT2D eigenvalue weighted by atomic mass is 16.3. The molecule has 0 aromatic heterocycles. The fraction of sp³-hybridized carbons (Fsp3) is 1.00. The van der Waals surface area contributed by atoms with Crippen molar-refractivity contribution in [3.8, 4) is 0 Å². The molecule has 21 heavy (non-hydrogen) atoms. The summed E-state index contributed by atoms with van der Waals surface area (Å²) in [5, 5.41) is 9.88. The van der Waals surface area contributed by atoms with E-state index in [2.05, 4.69) is 11.8 Å². The molecule has 0 aromatic rings. The molecular weight excluding hydrogens is 258 g/mol. The van der Waals surface area contributed by atoms with Gasteiger partial charge in [0, 0.05) is 17.6 Å². The minimum Gasteiger partial charge on any atom is -0.395 e. The number of piperidine rings is 1. The summed E-state index contributed by atoms with van der Waals surface area (Å²) in [5.74, 6) is 0.940. The zero-order chi connectivity index (χ0) is 14.7. The molecule has 3 aliphatic rings. The number of aliphatic hydroxyl groups is 1. The molecule has 1 spiro atoms. The van der Waals surface area contributed by atoms with E-state index < -0.39 is 0 Å². The molecule has 0 aromatic carbocycles. The van der Waals surface area contributed by atoms with Gasteiger partial charge >= 0.3 is 0 Å². The summed E-state index contributed by atoms with van der Waals surface area (Å²) in [5.41, 5.74) is 0.499. The fourth-order valence-electron chi connectivity index (χ4n) is 5.89. The van der Waals surface area contributed by atoms with Crippen LogP contribution in [0.5, 0.6) is 0 Å². The van der Waals surface area contributed by atoms with Gasteiger partial charge in [-0.3, -0.25) is 4.90 Å². The average molecular weight is 293 g/mol. The van der Waals surface area contributed by atoms with E-state index in [1.165, 1.54) is 83.5 Å². The van der Waals surface area contributed by atoms with Gasteiger partial charge in [0.05, 0.1) is 6.61 Å². The van der Waals surface area contributed by atoms with Crippen LogP contribution in [0.4, 0.5) is 0 Å². The lowest BCUT2D eigenvalue weighted by Crippen LogP contribution is -2.61. The van der Waals surface area contributed by atoms with E-state index in [0.717, 1.165) is 12.0 Å². The smallest absolute Gasteiger partial charge is 0.0587 e. The molecule has 0 radical (unpaired) electrons. The van der Waals surface area contributed by atoms with Gasteiger partial charge in [-0.1, -0.05) is 45.4 Å². The first-order chi connectivity index (χ1) is 10.3. The van der Waals surface area contributed by atoms with Crippen molar-refractivity contribution in [2.75, 3.05) is 6.61 Å². The van der Waals surface area contributed by atoms with Crippen LogP contribution in [0.2, 0.25) is 0 Å². The van der Waals surface area contributed by atoms with Crippen LogP contribution in [-0.2, 0) is 0 Å². The van der Waals surface area contributed by atoms with Crippen molar-refractivity contribution in [3.63, 3.8) is 0 Å². The van der Waals surface area contributed by atoms with Gasteiger partial charge < -0.3 is 5.11 Å². The quantitative estimate of drug-likeness (QED) is 0.729. The summed E-state index contributed by atoms with van der Waals surface area (Å²) >= 11 is 0. The van der Waals surface area contributed by atoms with Crippen molar-refractivity contribution in [2.24, 2.45) is 5.92 Å². The van der Waals surface area contributed by atoms with Gasteiger partial charge in [0.1, 0.15) is 0 Å². The monoisotopic (exact) mass is 293 g/mol. The first-order valence-corrected chi connectivity index (χ1v) is 9.71. The standard InChI is InChI=1S/C19H35NO/c1-2-3-4-5-9-17-11-10-16-8-6-7-13-19(16)14-12-18(15-21)20(17)19/h16-18,21H,2-15H2,1H3/t16-,17+,18-,19+/m0/s1. The lowest BCUT2D eigenvalue weighted by atomic mass is 9.66. The molecule has 1 N–H and O–H groups in total. The number of nitrogens with zero attached hydrogens (tertiary/aromatic N) is 1. The van der Waals surface area contributed by atoms with Crippen LogP contribution >= 0.6 is 0 Å². The Morgan fingerprint density at radius 1 is 0.952 bits per heavy atom. The summed E-state index contributed by atoms with van der Waals surface area (Å²) in [7, 11) is 0. The van der Waals surface area contributed by atoms with Gasteiger partial charge in [-0.2, -0.15) is 0 Å². The summed E-state index contributed by atoms with van der Waals surface area (Å²) in [6.07, 6.45) is 18.1. The molecule has 122 valence electrons. The van der Waals surface area contributed by atoms with Crippen LogP contribution in [0.1, 0.15) is 90.4 Å². The van der Waals surface area contributed by atoms with Gasteiger partial charge in [0.25, 0.3) is 0 Å². The largest absolute Gasteiger partial charge is 0.395 e. The van der Waals surface area contributed by atoms with Gasteiger partial charge in [-0.05, 0) is 50.9 Å². The number of hydrogen-bond donors (Lipinski definition) is 1. The van der Waals surface area contributed by atoms with Crippen molar-refractivity contribution in [1.82, 2.24) is 4.90 Å². The zero-order valence-corrected chi connectivity index (χ0v) is 14.0. The van der Waals surface area contributed by atoms with Crippen LogP contribution in [0.25, 0.3) is 0 Å². The van der Waals surface area contributed by atoms with E-state index >= 15 is 0 Å². The highest BCUT2D eigenvalue weighted by molar-refractivity contribution is 5.10. The van der Waals surface area contributed by atoms with Crippen molar-refractivity contribution in [2.45, 2.75) is 108 Å².